The van der Waals surface area contributed by atoms with Crippen LogP contribution in [0.1, 0.15) is 57.6 Å². The maximum absolute atomic E-state index is 5.12. The molecule has 0 aliphatic heterocycles. The minimum Gasteiger partial charge on any atom is -0.353 e. The molecule has 30 heavy (non-hydrogen) atoms. The van der Waals surface area contributed by atoms with Crippen molar-refractivity contribution in [2.45, 2.75) is 57.9 Å². The van der Waals surface area contributed by atoms with Crippen LogP contribution in [0, 0.1) is 28.6 Å². The van der Waals surface area contributed by atoms with Crippen molar-refractivity contribution in [3.63, 3.8) is 0 Å². The third-order valence-electron chi connectivity index (χ3n) is 9.73. The lowest BCUT2D eigenvalue weighted by Crippen LogP contribution is -2.70. The van der Waals surface area contributed by atoms with E-state index in [1.807, 2.05) is 0 Å². The van der Waals surface area contributed by atoms with Crippen LogP contribution in [-0.2, 0) is 0 Å². The van der Waals surface area contributed by atoms with Crippen molar-refractivity contribution >= 4 is 11.5 Å². The highest BCUT2D eigenvalue weighted by Crippen LogP contribution is 2.87. The first-order valence-corrected chi connectivity index (χ1v) is 12.0. The van der Waals surface area contributed by atoms with E-state index in [1.165, 1.54) is 43.2 Å². The molecule has 6 atom stereocenters. The number of H-pyrrole nitrogens is 1. The molecule has 1 aromatic carbocycles. The fraction of sp³-hybridized carbons (Fsp3) is 0.519. The fourth-order valence-corrected chi connectivity index (χ4v) is 8.65. The number of nitrogens with one attached hydrogen (secondary N) is 2. The molecular formula is C27H31N3. The van der Waals surface area contributed by atoms with Crippen molar-refractivity contribution in [2.75, 3.05) is 5.32 Å². The Labute approximate surface area is 179 Å². The average Bonchev–Trinajstić information content (AvgIpc) is 3.42. The Bertz CT molecular complexity index is 1060. The molecule has 1 heterocycles. The summed E-state index contributed by atoms with van der Waals surface area (Å²) in [7, 11) is 0. The molecule has 154 valence electrons. The Morgan fingerprint density at radius 2 is 2.00 bits per heavy atom. The summed E-state index contributed by atoms with van der Waals surface area (Å²) in [5.41, 5.74) is 6.05. The van der Waals surface area contributed by atoms with Gasteiger partial charge in [0.25, 0.3) is 0 Å². The number of nitrogens with zero attached hydrogens (tertiary/aromatic N) is 1. The molecule has 2 N–H and O–H groups in total. The summed E-state index contributed by atoms with van der Waals surface area (Å²) in [6, 6.07) is 11.2. The number of aromatic nitrogens is 2. The Morgan fingerprint density at radius 1 is 1.10 bits per heavy atom. The summed E-state index contributed by atoms with van der Waals surface area (Å²) >= 11 is 0. The highest BCUT2D eigenvalue weighted by molar-refractivity contribution is 5.79. The SMILES string of the molecule is CC(Nc1nc(C2=CC=CCC2)c(-c2ccccc2)[nH]1)C12CC3CC4CC(C1)C42C3. The van der Waals surface area contributed by atoms with Gasteiger partial charge in [-0.05, 0) is 86.0 Å². The summed E-state index contributed by atoms with van der Waals surface area (Å²) in [6.45, 7) is 2.44. The third kappa shape index (κ3) is 2.04. The molecule has 7 rings (SSSR count). The number of benzene rings is 1. The largest absolute Gasteiger partial charge is 0.353 e. The molecule has 6 unspecified atom stereocenters. The Hall–Kier alpha value is -2.29. The molecule has 0 saturated heterocycles. The summed E-state index contributed by atoms with van der Waals surface area (Å²) in [4.78, 5) is 8.81. The van der Waals surface area contributed by atoms with Crippen LogP contribution in [0.3, 0.4) is 0 Å². The zero-order chi connectivity index (χ0) is 19.9. The van der Waals surface area contributed by atoms with Crippen LogP contribution in [0.2, 0.25) is 0 Å². The molecule has 5 aliphatic rings. The molecule has 4 saturated carbocycles. The molecule has 3 nitrogen and oxygen atoms in total. The predicted octanol–water partition coefficient (Wildman–Crippen LogP) is 6.44. The van der Waals surface area contributed by atoms with Crippen molar-refractivity contribution in [3.8, 4) is 11.3 Å². The second-order valence-electron chi connectivity index (χ2n) is 10.7. The summed E-state index contributed by atoms with van der Waals surface area (Å²) in [6.07, 6.45) is 16.3. The van der Waals surface area contributed by atoms with Gasteiger partial charge in [-0.3, -0.25) is 0 Å². The molecule has 1 aromatic heterocycles. The van der Waals surface area contributed by atoms with Crippen molar-refractivity contribution in [3.05, 3.63) is 54.3 Å². The lowest BCUT2D eigenvalue weighted by Gasteiger charge is -2.74. The van der Waals surface area contributed by atoms with Gasteiger partial charge in [-0.15, -0.1) is 0 Å². The maximum atomic E-state index is 5.12. The van der Waals surface area contributed by atoms with Crippen molar-refractivity contribution in [2.24, 2.45) is 28.6 Å². The van der Waals surface area contributed by atoms with Crippen LogP contribution in [0.15, 0.2) is 48.6 Å². The Morgan fingerprint density at radius 3 is 2.77 bits per heavy atom. The number of imidazole rings is 1. The van der Waals surface area contributed by atoms with Gasteiger partial charge in [-0.2, -0.15) is 0 Å². The molecule has 0 amide bonds. The van der Waals surface area contributed by atoms with Gasteiger partial charge < -0.3 is 10.3 Å². The van der Waals surface area contributed by atoms with Crippen LogP contribution in [0.4, 0.5) is 5.95 Å². The molecule has 2 bridgehead atoms. The second-order valence-corrected chi connectivity index (χ2v) is 10.7. The number of hydrogen-bond donors (Lipinski definition) is 2. The third-order valence-corrected chi connectivity index (χ3v) is 9.73. The van der Waals surface area contributed by atoms with Gasteiger partial charge in [-0.25, -0.2) is 4.98 Å². The standard InChI is InChI=1S/C27H31N3/c1-17(26-14-18-12-21-13-22(16-26)27(21,26)15-18)28-25-29-23(19-8-4-2-5-9-19)24(30-25)20-10-6-3-7-11-20/h2-6,8-10,17-18,21-22H,7,11-16H2,1H3,(H2,28,29,30). The molecule has 1 spiro atoms. The van der Waals surface area contributed by atoms with E-state index < -0.39 is 0 Å². The van der Waals surface area contributed by atoms with Crippen LogP contribution in [0.25, 0.3) is 16.8 Å². The molecule has 3 heteroatoms. The summed E-state index contributed by atoms with van der Waals surface area (Å²) < 4.78 is 0. The van der Waals surface area contributed by atoms with Crippen molar-refractivity contribution < 1.29 is 0 Å². The van der Waals surface area contributed by atoms with E-state index >= 15 is 0 Å². The Kier molecular flexibility index (Phi) is 3.42. The first-order chi connectivity index (χ1) is 14.7. The van der Waals surface area contributed by atoms with Gasteiger partial charge >= 0.3 is 0 Å². The van der Waals surface area contributed by atoms with Crippen LogP contribution in [0.5, 0.6) is 0 Å². The average molecular weight is 398 g/mol. The van der Waals surface area contributed by atoms with E-state index in [0.717, 1.165) is 47.9 Å². The van der Waals surface area contributed by atoms with E-state index in [4.69, 9.17) is 4.98 Å². The highest BCUT2D eigenvalue weighted by atomic mass is 15.2. The van der Waals surface area contributed by atoms with Gasteiger partial charge in [0.15, 0.2) is 0 Å². The fourth-order valence-electron chi connectivity index (χ4n) is 8.65. The summed E-state index contributed by atoms with van der Waals surface area (Å²) in [5.74, 6) is 4.02. The quantitative estimate of drug-likeness (QED) is 0.610. The molecule has 2 aromatic rings. The van der Waals surface area contributed by atoms with Crippen molar-refractivity contribution in [1.82, 2.24) is 9.97 Å². The number of allylic oxidation sites excluding steroid dienone is 4. The zero-order valence-corrected chi connectivity index (χ0v) is 17.8. The minimum absolute atomic E-state index is 0.490. The normalized spacial score (nSPS) is 38.4. The number of hydrogen-bond acceptors (Lipinski definition) is 2. The molecule has 0 radical (unpaired) electrons. The second kappa shape index (κ2) is 5.90. The van der Waals surface area contributed by atoms with Crippen LogP contribution >= 0.6 is 0 Å². The van der Waals surface area contributed by atoms with E-state index in [2.05, 4.69) is 65.8 Å². The predicted molar refractivity (Wildman–Crippen MR) is 122 cm³/mol. The van der Waals surface area contributed by atoms with E-state index in [9.17, 15) is 0 Å². The van der Waals surface area contributed by atoms with Gasteiger partial charge in [0, 0.05) is 11.6 Å². The molecule has 5 aliphatic carbocycles. The lowest BCUT2D eigenvalue weighted by atomic mass is 9.30. The van der Waals surface area contributed by atoms with E-state index in [0.29, 0.717) is 16.9 Å². The van der Waals surface area contributed by atoms with Crippen molar-refractivity contribution in [1.29, 1.82) is 0 Å². The van der Waals surface area contributed by atoms with Crippen LogP contribution in [-0.4, -0.2) is 16.0 Å². The van der Waals surface area contributed by atoms with E-state index in [-0.39, 0.29) is 0 Å². The monoisotopic (exact) mass is 397 g/mol. The molecule has 4 fully saturated rings. The van der Waals surface area contributed by atoms with Gasteiger partial charge in [0.05, 0.1) is 11.4 Å². The van der Waals surface area contributed by atoms with Gasteiger partial charge in [-0.1, -0.05) is 48.6 Å². The van der Waals surface area contributed by atoms with E-state index in [1.54, 1.807) is 0 Å². The first kappa shape index (κ1) is 17.4. The number of anilines is 1. The smallest absolute Gasteiger partial charge is 0.201 e. The Balaban J connectivity index is 1.23. The minimum atomic E-state index is 0.490. The maximum Gasteiger partial charge on any atom is 0.201 e. The summed E-state index contributed by atoms with van der Waals surface area (Å²) in [5, 5.41) is 3.88. The topological polar surface area (TPSA) is 40.7 Å². The number of fused-ring (bicyclic) bond motifs is 1. The molecular weight excluding hydrogens is 366 g/mol. The number of rotatable bonds is 5. The zero-order valence-electron chi connectivity index (χ0n) is 17.8. The van der Waals surface area contributed by atoms with Gasteiger partial charge in [0.1, 0.15) is 0 Å². The first-order valence-electron chi connectivity index (χ1n) is 12.0. The lowest BCUT2D eigenvalue weighted by molar-refractivity contribution is -0.248. The van der Waals surface area contributed by atoms with Gasteiger partial charge in [0.2, 0.25) is 5.95 Å². The van der Waals surface area contributed by atoms with Crippen LogP contribution < -0.4 is 5.32 Å². The number of aromatic amines is 1. The highest BCUT2D eigenvalue weighted by Gasteiger charge is 2.81.